The summed E-state index contributed by atoms with van der Waals surface area (Å²) in [5.74, 6) is -0.0264. The molecule has 0 radical (unpaired) electrons. The van der Waals surface area contributed by atoms with E-state index in [1.54, 1.807) is 7.11 Å². The number of ketones is 1. The van der Waals surface area contributed by atoms with Crippen molar-refractivity contribution in [3.8, 4) is 5.75 Å². The molecule has 6 rings (SSSR count). The van der Waals surface area contributed by atoms with E-state index >= 15 is 0 Å². The number of rotatable bonds is 7. The summed E-state index contributed by atoms with van der Waals surface area (Å²) < 4.78 is 5.55. The molecule has 3 N–H and O–H groups in total. The molecule has 5 nitrogen and oxygen atoms in total. The molecule has 1 aliphatic carbocycles. The first-order valence-corrected chi connectivity index (χ1v) is 13.9. The van der Waals surface area contributed by atoms with Gasteiger partial charge >= 0.3 is 0 Å². The molecule has 0 spiro atoms. The summed E-state index contributed by atoms with van der Waals surface area (Å²) in [5.41, 5.74) is 1.34. The van der Waals surface area contributed by atoms with Crippen LogP contribution in [0, 0.1) is 11.8 Å². The SMILES string of the molecule is COc1ccccc1CC(=O)C1NC[C@@H]2[C@H]1C(c1ccccc1)(c1ccccc1)C[C@H](O)[C@@]2(O)c1ccccc1. The van der Waals surface area contributed by atoms with Crippen molar-refractivity contribution in [1.29, 1.82) is 0 Å². The fraction of sp³-hybridized carbons (Fsp3) is 0.286. The molecule has 0 aromatic heterocycles. The first-order valence-electron chi connectivity index (χ1n) is 13.9. The van der Waals surface area contributed by atoms with Gasteiger partial charge in [0.2, 0.25) is 0 Å². The molecule has 5 atom stereocenters. The summed E-state index contributed by atoms with van der Waals surface area (Å²) in [6, 6.07) is 36.8. The van der Waals surface area contributed by atoms with E-state index in [0.29, 0.717) is 17.9 Å². The second-order valence-electron chi connectivity index (χ2n) is 11.1. The molecule has 2 fully saturated rings. The maximum atomic E-state index is 14.3. The molecule has 204 valence electrons. The van der Waals surface area contributed by atoms with Crippen LogP contribution in [0.3, 0.4) is 0 Å². The van der Waals surface area contributed by atoms with E-state index in [1.165, 1.54) is 0 Å². The van der Waals surface area contributed by atoms with Crippen molar-refractivity contribution in [1.82, 2.24) is 5.32 Å². The molecule has 2 aliphatic rings. The third-order valence-electron chi connectivity index (χ3n) is 9.23. The Labute approximate surface area is 235 Å². The van der Waals surface area contributed by atoms with Gasteiger partial charge in [-0.2, -0.15) is 0 Å². The number of aliphatic hydroxyl groups is 2. The zero-order valence-corrected chi connectivity index (χ0v) is 22.6. The number of carbonyl (C=O) groups excluding carboxylic acids is 1. The molecule has 1 aliphatic heterocycles. The number of fused-ring (bicyclic) bond motifs is 1. The topological polar surface area (TPSA) is 78.8 Å². The van der Waals surface area contributed by atoms with Gasteiger partial charge in [0.05, 0.1) is 19.3 Å². The van der Waals surface area contributed by atoms with E-state index in [1.807, 2.05) is 91.0 Å². The van der Waals surface area contributed by atoms with E-state index in [0.717, 1.165) is 16.7 Å². The summed E-state index contributed by atoms with van der Waals surface area (Å²) in [7, 11) is 1.62. The molecular formula is C35H35NO4. The minimum atomic E-state index is -1.52. The lowest BCUT2D eigenvalue weighted by molar-refractivity contribution is -0.170. The van der Waals surface area contributed by atoms with Crippen LogP contribution in [-0.4, -0.2) is 41.8 Å². The van der Waals surface area contributed by atoms with Crippen LogP contribution in [0.25, 0.3) is 0 Å². The fourth-order valence-corrected chi connectivity index (χ4v) is 7.47. The maximum absolute atomic E-state index is 14.3. The predicted molar refractivity (Wildman–Crippen MR) is 155 cm³/mol. The van der Waals surface area contributed by atoms with Gasteiger partial charge in [-0.1, -0.05) is 109 Å². The van der Waals surface area contributed by atoms with E-state index in [9.17, 15) is 15.0 Å². The van der Waals surface area contributed by atoms with Gasteiger partial charge in [0.25, 0.3) is 0 Å². The smallest absolute Gasteiger partial charge is 0.154 e. The van der Waals surface area contributed by atoms with E-state index in [-0.39, 0.29) is 24.5 Å². The van der Waals surface area contributed by atoms with Gasteiger partial charge in [-0.15, -0.1) is 0 Å². The number of carbonyl (C=O) groups is 1. The fourth-order valence-electron chi connectivity index (χ4n) is 7.47. The van der Waals surface area contributed by atoms with Gasteiger partial charge < -0.3 is 20.3 Å². The summed E-state index contributed by atoms with van der Waals surface area (Å²) >= 11 is 0. The normalized spacial score (nSPS) is 27.1. The van der Waals surface area contributed by atoms with Crippen molar-refractivity contribution >= 4 is 5.78 Å². The number of hydrogen-bond acceptors (Lipinski definition) is 5. The van der Waals surface area contributed by atoms with E-state index in [4.69, 9.17) is 4.74 Å². The van der Waals surface area contributed by atoms with Crippen LogP contribution >= 0.6 is 0 Å². The summed E-state index contributed by atoms with van der Waals surface area (Å²) in [4.78, 5) is 14.3. The highest BCUT2D eigenvalue weighted by molar-refractivity contribution is 5.88. The van der Waals surface area contributed by atoms with Gasteiger partial charge in [-0.05, 0) is 29.2 Å². The van der Waals surface area contributed by atoms with Crippen molar-refractivity contribution in [3.05, 3.63) is 138 Å². The quantitative estimate of drug-likeness (QED) is 0.322. The first-order chi connectivity index (χ1) is 19.5. The van der Waals surface area contributed by atoms with Crippen molar-refractivity contribution in [2.75, 3.05) is 13.7 Å². The van der Waals surface area contributed by atoms with Crippen LogP contribution in [0.4, 0.5) is 0 Å². The van der Waals surface area contributed by atoms with E-state index < -0.39 is 29.1 Å². The highest BCUT2D eigenvalue weighted by Crippen LogP contribution is 2.59. The van der Waals surface area contributed by atoms with Gasteiger partial charge in [-0.25, -0.2) is 0 Å². The largest absolute Gasteiger partial charge is 0.496 e. The minimum Gasteiger partial charge on any atom is -0.496 e. The molecule has 0 bridgehead atoms. The Morgan fingerprint density at radius 3 is 1.93 bits per heavy atom. The Morgan fingerprint density at radius 2 is 1.35 bits per heavy atom. The van der Waals surface area contributed by atoms with Crippen molar-refractivity contribution in [3.63, 3.8) is 0 Å². The molecule has 1 saturated carbocycles. The summed E-state index contributed by atoms with van der Waals surface area (Å²) in [6.45, 7) is 0.400. The lowest BCUT2D eigenvalue weighted by Gasteiger charge is -2.56. The second kappa shape index (κ2) is 10.7. The number of methoxy groups -OCH3 is 1. The second-order valence-corrected chi connectivity index (χ2v) is 11.1. The van der Waals surface area contributed by atoms with Gasteiger partial charge in [-0.3, -0.25) is 4.79 Å². The molecule has 1 saturated heterocycles. The molecule has 5 heteroatoms. The Balaban J connectivity index is 1.53. The zero-order valence-electron chi connectivity index (χ0n) is 22.6. The lowest BCUT2D eigenvalue weighted by Crippen LogP contribution is -2.62. The number of benzene rings is 4. The number of Topliss-reactive ketones (excluding diaryl/α,β-unsaturated/α-hetero) is 1. The third-order valence-corrected chi connectivity index (χ3v) is 9.23. The number of hydrogen-bond donors (Lipinski definition) is 3. The van der Waals surface area contributed by atoms with Crippen molar-refractivity contribution in [2.45, 2.75) is 36.0 Å². The number of ether oxygens (including phenoxy) is 1. The Morgan fingerprint density at radius 1 is 0.825 bits per heavy atom. The van der Waals surface area contributed by atoms with Crippen LogP contribution in [0.5, 0.6) is 5.75 Å². The Kier molecular flexibility index (Phi) is 7.05. The molecule has 4 aromatic rings. The average Bonchev–Trinajstić information content (AvgIpc) is 3.47. The zero-order chi connectivity index (χ0) is 27.7. The predicted octanol–water partition coefficient (Wildman–Crippen LogP) is 4.65. The summed E-state index contributed by atoms with van der Waals surface area (Å²) in [6.07, 6.45) is -0.577. The number of aliphatic hydroxyl groups excluding tert-OH is 1. The third kappa shape index (κ3) is 4.17. The van der Waals surface area contributed by atoms with Crippen molar-refractivity contribution < 1.29 is 19.7 Å². The standard InChI is InChI=1S/C35H35NO4/c1-40-30-20-12-11-13-24(30)21-29(37)33-32-28(23-36-33)35(39,27-18-9-4-10-19-27)31(38)22-34(32,25-14-5-2-6-15-25)26-16-7-3-8-17-26/h2-20,28,31-33,36,38-39H,21-23H2,1H3/t28-,31+,32-,33?,35-/m1/s1. The first kappa shape index (κ1) is 26.5. The van der Waals surface area contributed by atoms with Gasteiger partial charge in [0.1, 0.15) is 11.4 Å². The summed E-state index contributed by atoms with van der Waals surface area (Å²) in [5, 5.41) is 27.9. The average molecular weight is 534 g/mol. The monoisotopic (exact) mass is 533 g/mol. The molecule has 1 heterocycles. The van der Waals surface area contributed by atoms with Gasteiger partial charge in [0.15, 0.2) is 5.78 Å². The molecule has 40 heavy (non-hydrogen) atoms. The molecule has 0 amide bonds. The number of nitrogens with one attached hydrogen (secondary N) is 1. The lowest BCUT2D eigenvalue weighted by atomic mass is 9.49. The highest BCUT2D eigenvalue weighted by Gasteiger charge is 2.66. The highest BCUT2D eigenvalue weighted by atomic mass is 16.5. The number of para-hydroxylation sites is 1. The van der Waals surface area contributed by atoms with Crippen LogP contribution < -0.4 is 10.1 Å². The van der Waals surface area contributed by atoms with Crippen LogP contribution in [-0.2, 0) is 22.2 Å². The Bertz CT molecular complexity index is 1420. The van der Waals surface area contributed by atoms with Crippen LogP contribution in [0.15, 0.2) is 115 Å². The minimum absolute atomic E-state index is 0.0417. The van der Waals surface area contributed by atoms with Crippen LogP contribution in [0.1, 0.15) is 28.7 Å². The van der Waals surface area contributed by atoms with Crippen LogP contribution in [0.2, 0.25) is 0 Å². The molecular weight excluding hydrogens is 498 g/mol. The molecule has 4 aromatic carbocycles. The molecule has 1 unspecified atom stereocenters. The Hall–Kier alpha value is -3.77. The van der Waals surface area contributed by atoms with Gasteiger partial charge in [0, 0.05) is 35.8 Å². The van der Waals surface area contributed by atoms with E-state index in [2.05, 4.69) is 29.6 Å². The van der Waals surface area contributed by atoms with Crippen molar-refractivity contribution in [2.24, 2.45) is 11.8 Å². The maximum Gasteiger partial charge on any atom is 0.154 e.